The number of ether oxygens (including phenoxy) is 1. The molecule has 1 aliphatic heterocycles. The molecule has 0 aliphatic carbocycles. The Morgan fingerprint density at radius 1 is 1.18 bits per heavy atom. The molecule has 1 aromatic carbocycles. The highest BCUT2D eigenvalue weighted by molar-refractivity contribution is 7.89. The molecular formula is C15H22N2O4S. The third kappa shape index (κ3) is 5.31. The number of rotatable bonds is 8. The van der Waals surface area contributed by atoms with Crippen LogP contribution in [0.1, 0.15) is 19.3 Å². The predicted octanol–water partition coefficient (Wildman–Crippen LogP) is 0.997. The van der Waals surface area contributed by atoms with Gasteiger partial charge in [-0.1, -0.05) is 18.2 Å². The smallest absolute Gasteiger partial charge is 0.223 e. The van der Waals surface area contributed by atoms with Gasteiger partial charge in [-0.05, 0) is 25.0 Å². The van der Waals surface area contributed by atoms with Crippen molar-refractivity contribution in [3.63, 3.8) is 0 Å². The number of nitrogens with one attached hydrogen (secondary N) is 1. The lowest BCUT2D eigenvalue weighted by Gasteiger charge is -2.15. The Morgan fingerprint density at radius 3 is 2.55 bits per heavy atom. The molecule has 1 aliphatic rings. The van der Waals surface area contributed by atoms with Crippen molar-refractivity contribution in [1.29, 1.82) is 0 Å². The minimum atomic E-state index is -3.23. The zero-order valence-electron chi connectivity index (χ0n) is 12.5. The molecule has 122 valence electrons. The van der Waals surface area contributed by atoms with Gasteiger partial charge in [0.2, 0.25) is 15.9 Å². The standard InChI is InChI=1S/C15H22N2O4S/c18-15(8-12-21-14-6-2-1-3-7-14)16-9-13-22(19,20)17-10-4-5-11-17/h1-3,6-7H,4-5,8-13H2,(H,16,18). The van der Waals surface area contributed by atoms with Crippen LogP contribution in [-0.4, -0.2) is 50.6 Å². The van der Waals surface area contributed by atoms with Crippen molar-refractivity contribution >= 4 is 15.9 Å². The fourth-order valence-electron chi connectivity index (χ4n) is 2.28. The number of benzene rings is 1. The van der Waals surface area contributed by atoms with Crippen LogP contribution in [0.5, 0.6) is 5.75 Å². The number of hydrogen-bond acceptors (Lipinski definition) is 4. The van der Waals surface area contributed by atoms with E-state index in [4.69, 9.17) is 4.74 Å². The summed E-state index contributed by atoms with van der Waals surface area (Å²) in [4.78, 5) is 11.6. The summed E-state index contributed by atoms with van der Waals surface area (Å²) in [6.45, 7) is 1.61. The molecule has 0 spiro atoms. The van der Waals surface area contributed by atoms with E-state index >= 15 is 0 Å². The molecule has 22 heavy (non-hydrogen) atoms. The monoisotopic (exact) mass is 326 g/mol. The molecule has 2 rings (SSSR count). The van der Waals surface area contributed by atoms with E-state index in [-0.39, 0.29) is 31.2 Å². The van der Waals surface area contributed by atoms with Crippen LogP contribution in [0.3, 0.4) is 0 Å². The number of carbonyl (C=O) groups is 1. The Bertz CT molecular complexity index is 568. The molecule has 0 bridgehead atoms. The topological polar surface area (TPSA) is 75.7 Å². The van der Waals surface area contributed by atoms with Crippen molar-refractivity contribution in [3.05, 3.63) is 30.3 Å². The highest BCUT2D eigenvalue weighted by atomic mass is 32.2. The summed E-state index contributed by atoms with van der Waals surface area (Å²) in [7, 11) is -3.23. The van der Waals surface area contributed by atoms with Crippen molar-refractivity contribution in [2.45, 2.75) is 19.3 Å². The second kappa shape index (κ2) is 8.14. The first kappa shape index (κ1) is 16.8. The number of nitrogens with zero attached hydrogens (tertiary/aromatic N) is 1. The SMILES string of the molecule is O=C(CCOc1ccccc1)NCCS(=O)(=O)N1CCCC1. The summed E-state index contributed by atoms with van der Waals surface area (Å²) >= 11 is 0. The minimum absolute atomic E-state index is 0.0434. The summed E-state index contributed by atoms with van der Waals surface area (Å²) in [6.07, 6.45) is 2.05. The van der Waals surface area contributed by atoms with Crippen molar-refractivity contribution in [1.82, 2.24) is 9.62 Å². The highest BCUT2D eigenvalue weighted by Crippen LogP contribution is 2.12. The zero-order valence-corrected chi connectivity index (χ0v) is 13.3. The molecule has 1 saturated heterocycles. The van der Waals surface area contributed by atoms with Gasteiger partial charge < -0.3 is 10.1 Å². The molecule has 6 nitrogen and oxygen atoms in total. The number of hydrogen-bond donors (Lipinski definition) is 1. The van der Waals surface area contributed by atoms with E-state index in [9.17, 15) is 13.2 Å². The summed E-state index contributed by atoms with van der Waals surface area (Å²) in [5.41, 5.74) is 0. The van der Waals surface area contributed by atoms with Gasteiger partial charge in [-0.2, -0.15) is 0 Å². The molecule has 0 saturated carbocycles. The normalized spacial score (nSPS) is 15.6. The number of sulfonamides is 1. The fraction of sp³-hybridized carbons (Fsp3) is 0.533. The molecule has 1 amide bonds. The van der Waals surface area contributed by atoms with Crippen molar-refractivity contribution in [3.8, 4) is 5.75 Å². The molecule has 0 unspecified atom stereocenters. The second-order valence-corrected chi connectivity index (χ2v) is 7.27. The van der Waals surface area contributed by atoms with E-state index in [1.165, 1.54) is 4.31 Å². The summed E-state index contributed by atoms with van der Waals surface area (Å²) in [6, 6.07) is 9.25. The van der Waals surface area contributed by atoms with E-state index in [2.05, 4.69) is 5.32 Å². The lowest BCUT2D eigenvalue weighted by Crippen LogP contribution is -2.36. The van der Waals surface area contributed by atoms with Crippen LogP contribution in [0, 0.1) is 0 Å². The van der Waals surface area contributed by atoms with E-state index in [0.29, 0.717) is 18.8 Å². The molecule has 0 atom stereocenters. The Kier molecular flexibility index (Phi) is 6.21. The second-order valence-electron chi connectivity index (χ2n) is 5.18. The number of para-hydroxylation sites is 1. The summed E-state index contributed by atoms with van der Waals surface area (Å²) in [5, 5.41) is 2.62. The summed E-state index contributed by atoms with van der Waals surface area (Å²) < 4.78 is 30.8. The average Bonchev–Trinajstić information content (AvgIpc) is 3.03. The van der Waals surface area contributed by atoms with Crippen molar-refractivity contribution in [2.24, 2.45) is 0 Å². The van der Waals surface area contributed by atoms with Crippen LogP contribution in [0.2, 0.25) is 0 Å². The maximum Gasteiger partial charge on any atom is 0.223 e. The fourth-order valence-corrected chi connectivity index (χ4v) is 3.71. The summed E-state index contributed by atoms with van der Waals surface area (Å²) in [5.74, 6) is 0.470. The molecular weight excluding hydrogens is 304 g/mol. The molecule has 0 aromatic heterocycles. The predicted molar refractivity (Wildman–Crippen MR) is 84.2 cm³/mol. The van der Waals surface area contributed by atoms with E-state index in [0.717, 1.165) is 12.8 Å². The third-order valence-electron chi connectivity index (χ3n) is 3.48. The largest absolute Gasteiger partial charge is 0.493 e. The minimum Gasteiger partial charge on any atom is -0.493 e. The van der Waals surface area contributed by atoms with Gasteiger partial charge in [0.05, 0.1) is 18.8 Å². The number of carbonyl (C=O) groups excluding carboxylic acids is 1. The van der Waals surface area contributed by atoms with Crippen LogP contribution in [0.25, 0.3) is 0 Å². The quantitative estimate of drug-likeness (QED) is 0.773. The van der Waals surface area contributed by atoms with Crippen LogP contribution in [-0.2, 0) is 14.8 Å². The van der Waals surface area contributed by atoms with Crippen molar-refractivity contribution < 1.29 is 17.9 Å². The van der Waals surface area contributed by atoms with Gasteiger partial charge in [0.25, 0.3) is 0 Å². The zero-order chi connectivity index (χ0) is 15.8. The van der Waals surface area contributed by atoms with Crippen LogP contribution < -0.4 is 10.1 Å². The lowest BCUT2D eigenvalue weighted by molar-refractivity contribution is -0.121. The molecule has 7 heteroatoms. The molecule has 0 radical (unpaired) electrons. The van der Waals surface area contributed by atoms with Crippen LogP contribution >= 0.6 is 0 Å². The molecule has 1 aromatic rings. The van der Waals surface area contributed by atoms with E-state index in [1.54, 1.807) is 0 Å². The highest BCUT2D eigenvalue weighted by Gasteiger charge is 2.24. The van der Waals surface area contributed by atoms with Gasteiger partial charge in [-0.3, -0.25) is 4.79 Å². The Hall–Kier alpha value is -1.60. The first-order valence-electron chi connectivity index (χ1n) is 7.50. The Balaban J connectivity index is 1.61. The van der Waals surface area contributed by atoms with Gasteiger partial charge >= 0.3 is 0 Å². The first-order valence-corrected chi connectivity index (χ1v) is 9.11. The third-order valence-corrected chi connectivity index (χ3v) is 5.35. The van der Waals surface area contributed by atoms with Crippen LogP contribution in [0.4, 0.5) is 0 Å². The molecule has 1 fully saturated rings. The Labute approximate surface area is 131 Å². The van der Waals surface area contributed by atoms with Gasteiger partial charge in [-0.25, -0.2) is 12.7 Å². The lowest BCUT2D eigenvalue weighted by atomic mass is 10.3. The van der Waals surface area contributed by atoms with Crippen molar-refractivity contribution in [2.75, 3.05) is 32.0 Å². The maximum atomic E-state index is 12.0. The molecule has 1 heterocycles. The Morgan fingerprint density at radius 2 is 1.86 bits per heavy atom. The maximum absolute atomic E-state index is 12.0. The van der Waals surface area contributed by atoms with Crippen LogP contribution in [0.15, 0.2) is 30.3 Å². The average molecular weight is 326 g/mol. The molecule has 1 N–H and O–H groups in total. The van der Waals surface area contributed by atoms with Gasteiger partial charge in [0.1, 0.15) is 5.75 Å². The van der Waals surface area contributed by atoms with E-state index < -0.39 is 10.0 Å². The van der Waals surface area contributed by atoms with Gasteiger partial charge in [-0.15, -0.1) is 0 Å². The first-order chi connectivity index (χ1) is 10.6. The van der Waals surface area contributed by atoms with Gasteiger partial charge in [0, 0.05) is 19.6 Å². The van der Waals surface area contributed by atoms with E-state index in [1.807, 2.05) is 30.3 Å². The number of amides is 1. The van der Waals surface area contributed by atoms with Gasteiger partial charge in [0.15, 0.2) is 0 Å².